The Labute approximate surface area is 96.6 Å². The topological polar surface area (TPSA) is 38.3 Å². The molecule has 0 aliphatic carbocycles. The van der Waals surface area contributed by atoms with Gasteiger partial charge in [0.2, 0.25) is 0 Å². The van der Waals surface area contributed by atoms with Crippen LogP contribution in [-0.2, 0) is 4.79 Å². The summed E-state index contributed by atoms with van der Waals surface area (Å²) in [7, 11) is 1.32. The second-order valence-electron chi connectivity index (χ2n) is 3.42. The first kappa shape index (κ1) is 13.3. The summed E-state index contributed by atoms with van der Waals surface area (Å²) in [5, 5.41) is 2.06. The molecule has 1 unspecified atom stereocenters. The lowest BCUT2D eigenvalue weighted by Gasteiger charge is -2.14. The standard InChI is InChI=1S/C11H12F3NO2/c1-6(15-11(16)10(13)14)7-3-4-9(17-2)8(12)5-7/h3-6,10H,1-2H3,(H,15,16). The SMILES string of the molecule is COc1ccc(C(C)NC(=O)C(F)F)cc1F. The van der Waals surface area contributed by atoms with E-state index in [0.29, 0.717) is 5.56 Å². The van der Waals surface area contributed by atoms with E-state index in [0.717, 1.165) is 6.07 Å². The highest BCUT2D eigenvalue weighted by atomic mass is 19.3. The fraction of sp³-hybridized carbons (Fsp3) is 0.364. The fourth-order valence-corrected chi connectivity index (χ4v) is 1.31. The van der Waals surface area contributed by atoms with E-state index in [4.69, 9.17) is 4.74 Å². The molecule has 0 aliphatic rings. The van der Waals surface area contributed by atoms with Crippen LogP contribution in [0.15, 0.2) is 18.2 Å². The van der Waals surface area contributed by atoms with Crippen LogP contribution in [0.2, 0.25) is 0 Å². The number of benzene rings is 1. The molecule has 17 heavy (non-hydrogen) atoms. The molecule has 0 saturated heterocycles. The normalized spacial score (nSPS) is 12.4. The molecule has 0 spiro atoms. The smallest absolute Gasteiger partial charge is 0.315 e. The number of hydrogen-bond acceptors (Lipinski definition) is 2. The first-order valence-corrected chi connectivity index (χ1v) is 4.87. The number of alkyl halides is 2. The van der Waals surface area contributed by atoms with E-state index >= 15 is 0 Å². The Bertz CT molecular complexity index is 410. The second kappa shape index (κ2) is 5.56. The molecule has 1 aromatic rings. The van der Waals surface area contributed by atoms with Crippen LogP contribution in [0.3, 0.4) is 0 Å². The van der Waals surface area contributed by atoms with Crippen LogP contribution < -0.4 is 10.1 Å². The van der Waals surface area contributed by atoms with Crippen LogP contribution in [0.5, 0.6) is 5.75 Å². The van der Waals surface area contributed by atoms with Crippen LogP contribution in [0, 0.1) is 5.82 Å². The van der Waals surface area contributed by atoms with Crippen molar-refractivity contribution >= 4 is 5.91 Å². The highest BCUT2D eigenvalue weighted by molar-refractivity contribution is 5.79. The number of halogens is 3. The Morgan fingerprint density at radius 3 is 2.53 bits per heavy atom. The number of hydrogen-bond donors (Lipinski definition) is 1. The quantitative estimate of drug-likeness (QED) is 0.886. The summed E-state index contributed by atoms with van der Waals surface area (Å²) >= 11 is 0. The number of ether oxygens (including phenoxy) is 1. The van der Waals surface area contributed by atoms with Gasteiger partial charge in [-0.05, 0) is 24.6 Å². The maximum atomic E-state index is 13.3. The summed E-state index contributed by atoms with van der Waals surface area (Å²) in [6.45, 7) is 1.49. The maximum Gasteiger partial charge on any atom is 0.315 e. The van der Waals surface area contributed by atoms with Crippen molar-refractivity contribution in [3.8, 4) is 5.75 Å². The lowest BCUT2D eigenvalue weighted by molar-refractivity contribution is -0.132. The summed E-state index contributed by atoms with van der Waals surface area (Å²) < 4.78 is 42.0. The highest BCUT2D eigenvalue weighted by Crippen LogP contribution is 2.21. The summed E-state index contributed by atoms with van der Waals surface area (Å²) in [5.41, 5.74) is 0.386. The van der Waals surface area contributed by atoms with E-state index in [1.165, 1.54) is 26.2 Å². The highest BCUT2D eigenvalue weighted by Gasteiger charge is 2.18. The van der Waals surface area contributed by atoms with E-state index in [2.05, 4.69) is 5.32 Å². The van der Waals surface area contributed by atoms with Gasteiger partial charge >= 0.3 is 6.43 Å². The predicted octanol–water partition coefficient (Wildman–Crippen LogP) is 2.28. The van der Waals surface area contributed by atoms with Crippen molar-refractivity contribution in [1.82, 2.24) is 5.32 Å². The molecule has 1 rings (SSSR count). The molecule has 0 bridgehead atoms. The number of methoxy groups -OCH3 is 1. The lowest BCUT2D eigenvalue weighted by atomic mass is 10.1. The van der Waals surface area contributed by atoms with Crippen molar-refractivity contribution in [2.24, 2.45) is 0 Å². The minimum Gasteiger partial charge on any atom is -0.494 e. The molecular formula is C11H12F3NO2. The third kappa shape index (κ3) is 3.37. The Morgan fingerprint density at radius 2 is 2.06 bits per heavy atom. The fourth-order valence-electron chi connectivity index (χ4n) is 1.31. The molecule has 94 valence electrons. The van der Waals surface area contributed by atoms with Gasteiger partial charge in [-0.1, -0.05) is 6.07 Å². The van der Waals surface area contributed by atoms with Crippen LogP contribution in [0.4, 0.5) is 13.2 Å². The molecule has 0 fully saturated rings. The van der Waals surface area contributed by atoms with E-state index in [1.807, 2.05) is 0 Å². The third-order valence-electron chi connectivity index (χ3n) is 2.23. The van der Waals surface area contributed by atoms with Gasteiger partial charge in [-0.15, -0.1) is 0 Å². The molecule has 6 heteroatoms. The molecule has 1 aromatic carbocycles. The monoisotopic (exact) mass is 247 g/mol. The minimum absolute atomic E-state index is 0.0566. The summed E-state index contributed by atoms with van der Waals surface area (Å²) in [5.74, 6) is -1.93. The number of nitrogens with one attached hydrogen (secondary N) is 1. The Kier molecular flexibility index (Phi) is 4.37. The maximum absolute atomic E-state index is 13.3. The first-order chi connectivity index (χ1) is 7.95. The van der Waals surface area contributed by atoms with Crippen molar-refractivity contribution in [2.45, 2.75) is 19.4 Å². The van der Waals surface area contributed by atoms with Gasteiger partial charge in [0, 0.05) is 0 Å². The average Bonchev–Trinajstić information content (AvgIpc) is 2.28. The van der Waals surface area contributed by atoms with E-state index in [1.54, 1.807) is 0 Å². The van der Waals surface area contributed by atoms with Crippen molar-refractivity contribution in [1.29, 1.82) is 0 Å². The first-order valence-electron chi connectivity index (χ1n) is 4.87. The summed E-state index contributed by atoms with van der Waals surface area (Å²) in [6, 6.07) is 3.31. The molecule has 1 N–H and O–H groups in total. The third-order valence-corrected chi connectivity index (χ3v) is 2.23. The molecule has 0 radical (unpaired) electrons. The van der Waals surface area contributed by atoms with Crippen molar-refractivity contribution in [2.75, 3.05) is 7.11 Å². The molecule has 0 heterocycles. The van der Waals surface area contributed by atoms with Crippen molar-refractivity contribution in [3.63, 3.8) is 0 Å². The molecule has 1 atom stereocenters. The number of amides is 1. The zero-order valence-electron chi connectivity index (χ0n) is 9.34. The zero-order valence-corrected chi connectivity index (χ0v) is 9.34. The zero-order chi connectivity index (χ0) is 13.0. The van der Waals surface area contributed by atoms with Crippen LogP contribution in [0.1, 0.15) is 18.5 Å². The van der Waals surface area contributed by atoms with Crippen LogP contribution in [0.25, 0.3) is 0 Å². The Hall–Kier alpha value is -1.72. The van der Waals surface area contributed by atoms with Gasteiger partial charge in [-0.25, -0.2) is 4.39 Å². The minimum atomic E-state index is -3.08. The van der Waals surface area contributed by atoms with Gasteiger partial charge in [-0.3, -0.25) is 4.79 Å². The van der Waals surface area contributed by atoms with E-state index in [-0.39, 0.29) is 5.75 Å². The van der Waals surface area contributed by atoms with Crippen molar-refractivity contribution in [3.05, 3.63) is 29.6 Å². The second-order valence-corrected chi connectivity index (χ2v) is 3.42. The molecule has 0 aliphatic heterocycles. The molecular weight excluding hydrogens is 235 g/mol. The Morgan fingerprint density at radius 1 is 1.41 bits per heavy atom. The lowest BCUT2D eigenvalue weighted by Crippen LogP contribution is -2.31. The average molecular weight is 247 g/mol. The van der Waals surface area contributed by atoms with E-state index < -0.39 is 24.2 Å². The summed E-state index contributed by atoms with van der Waals surface area (Å²) in [4.78, 5) is 10.8. The van der Waals surface area contributed by atoms with Crippen molar-refractivity contribution < 1.29 is 22.7 Å². The number of carbonyl (C=O) groups is 1. The molecule has 0 saturated carbocycles. The van der Waals surface area contributed by atoms with Crippen LogP contribution in [-0.4, -0.2) is 19.4 Å². The van der Waals surface area contributed by atoms with Gasteiger partial charge < -0.3 is 10.1 Å². The van der Waals surface area contributed by atoms with Gasteiger partial charge in [-0.2, -0.15) is 8.78 Å². The van der Waals surface area contributed by atoms with Gasteiger partial charge in [0.25, 0.3) is 5.91 Å². The largest absolute Gasteiger partial charge is 0.494 e. The molecule has 0 aromatic heterocycles. The van der Waals surface area contributed by atoms with Crippen LogP contribution >= 0.6 is 0 Å². The molecule has 3 nitrogen and oxygen atoms in total. The number of rotatable bonds is 4. The van der Waals surface area contributed by atoms with Gasteiger partial charge in [0.15, 0.2) is 11.6 Å². The van der Waals surface area contributed by atoms with Gasteiger partial charge in [0.05, 0.1) is 13.2 Å². The molecule has 1 amide bonds. The summed E-state index contributed by atoms with van der Waals surface area (Å²) in [6.07, 6.45) is -3.08. The Balaban J connectivity index is 2.79. The van der Waals surface area contributed by atoms with E-state index in [9.17, 15) is 18.0 Å². The predicted molar refractivity (Wildman–Crippen MR) is 55.5 cm³/mol. The number of carbonyl (C=O) groups excluding carboxylic acids is 1. The van der Waals surface area contributed by atoms with Gasteiger partial charge in [0.1, 0.15) is 0 Å².